The Hall–Kier alpha value is -1.70. The molecule has 1 aromatic carbocycles. The number of terminal acetylenes is 1. The van der Waals surface area contributed by atoms with E-state index in [9.17, 15) is 9.59 Å². The van der Waals surface area contributed by atoms with Gasteiger partial charge in [0.15, 0.2) is 0 Å². The summed E-state index contributed by atoms with van der Waals surface area (Å²) in [5.41, 5.74) is 0.597. The maximum atomic E-state index is 12.0. The van der Waals surface area contributed by atoms with E-state index in [1.54, 1.807) is 18.2 Å². The van der Waals surface area contributed by atoms with Gasteiger partial charge in [-0.3, -0.25) is 9.59 Å². The SMILES string of the molecule is C#CCNC(=O)C1CC(=O)N(c2cc(Cl)cc(Cl)c2)C1. The van der Waals surface area contributed by atoms with Crippen LogP contribution in [-0.2, 0) is 9.59 Å². The van der Waals surface area contributed by atoms with Crippen LogP contribution in [0.3, 0.4) is 0 Å². The van der Waals surface area contributed by atoms with Crippen molar-refractivity contribution in [3.8, 4) is 12.3 Å². The van der Waals surface area contributed by atoms with E-state index in [0.717, 1.165) is 0 Å². The van der Waals surface area contributed by atoms with E-state index in [1.165, 1.54) is 4.90 Å². The van der Waals surface area contributed by atoms with Gasteiger partial charge in [0.25, 0.3) is 0 Å². The molecule has 20 heavy (non-hydrogen) atoms. The van der Waals surface area contributed by atoms with Gasteiger partial charge in [-0.1, -0.05) is 29.1 Å². The highest BCUT2D eigenvalue weighted by Gasteiger charge is 2.35. The molecule has 6 heteroatoms. The Morgan fingerprint density at radius 1 is 1.40 bits per heavy atom. The van der Waals surface area contributed by atoms with Gasteiger partial charge in [-0.15, -0.1) is 6.42 Å². The Balaban J connectivity index is 2.13. The van der Waals surface area contributed by atoms with Crippen LogP contribution in [0.2, 0.25) is 10.0 Å². The summed E-state index contributed by atoms with van der Waals surface area (Å²) in [5.74, 6) is 1.57. The highest BCUT2D eigenvalue weighted by molar-refractivity contribution is 6.35. The van der Waals surface area contributed by atoms with Crippen LogP contribution in [0, 0.1) is 18.3 Å². The molecular weight excluding hydrogens is 299 g/mol. The Bertz CT molecular complexity index is 575. The Morgan fingerprint density at radius 3 is 2.65 bits per heavy atom. The fourth-order valence-corrected chi connectivity index (χ4v) is 2.62. The smallest absolute Gasteiger partial charge is 0.227 e. The van der Waals surface area contributed by atoms with Crippen molar-refractivity contribution in [2.24, 2.45) is 5.92 Å². The summed E-state index contributed by atoms with van der Waals surface area (Å²) < 4.78 is 0. The molecule has 1 aliphatic rings. The first-order chi connectivity index (χ1) is 9.51. The van der Waals surface area contributed by atoms with Gasteiger partial charge in [-0.2, -0.15) is 0 Å². The molecule has 4 nitrogen and oxygen atoms in total. The van der Waals surface area contributed by atoms with E-state index in [0.29, 0.717) is 22.3 Å². The van der Waals surface area contributed by atoms with Crippen molar-refractivity contribution in [3.63, 3.8) is 0 Å². The molecule has 1 heterocycles. The van der Waals surface area contributed by atoms with E-state index in [1.807, 2.05) is 0 Å². The van der Waals surface area contributed by atoms with Gasteiger partial charge in [0.05, 0.1) is 12.5 Å². The number of carbonyl (C=O) groups excluding carboxylic acids is 2. The number of anilines is 1. The van der Waals surface area contributed by atoms with Crippen LogP contribution in [0.5, 0.6) is 0 Å². The first-order valence-corrected chi connectivity index (χ1v) is 6.74. The first kappa shape index (κ1) is 14.7. The first-order valence-electron chi connectivity index (χ1n) is 5.99. The number of amides is 2. The number of hydrogen-bond donors (Lipinski definition) is 1. The van der Waals surface area contributed by atoms with Crippen molar-refractivity contribution in [3.05, 3.63) is 28.2 Å². The summed E-state index contributed by atoms with van der Waals surface area (Å²) >= 11 is 11.8. The summed E-state index contributed by atoms with van der Waals surface area (Å²) in [6.45, 7) is 0.457. The second-order valence-electron chi connectivity index (χ2n) is 4.45. The van der Waals surface area contributed by atoms with Crippen molar-refractivity contribution < 1.29 is 9.59 Å². The zero-order valence-corrected chi connectivity index (χ0v) is 12.0. The quantitative estimate of drug-likeness (QED) is 0.869. The molecule has 0 aliphatic carbocycles. The van der Waals surface area contributed by atoms with Crippen LogP contribution >= 0.6 is 23.2 Å². The third kappa shape index (κ3) is 3.24. The lowest BCUT2D eigenvalue weighted by atomic mass is 10.1. The van der Waals surface area contributed by atoms with Crippen molar-refractivity contribution in [2.45, 2.75) is 6.42 Å². The summed E-state index contributed by atoms with van der Waals surface area (Å²) in [4.78, 5) is 25.3. The minimum Gasteiger partial charge on any atom is -0.345 e. The van der Waals surface area contributed by atoms with Crippen molar-refractivity contribution in [2.75, 3.05) is 18.0 Å². The molecule has 1 fully saturated rings. The summed E-state index contributed by atoms with van der Waals surface area (Å²) in [6.07, 6.45) is 5.24. The maximum absolute atomic E-state index is 12.0. The predicted octanol–water partition coefficient (Wildman–Crippen LogP) is 2.10. The molecule has 1 N–H and O–H groups in total. The van der Waals surface area contributed by atoms with Crippen LogP contribution in [0.15, 0.2) is 18.2 Å². The zero-order chi connectivity index (χ0) is 14.7. The van der Waals surface area contributed by atoms with Crippen molar-refractivity contribution in [1.82, 2.24) is 5.32 Å². The maximum Gasteiger partial charge on any atom is 0.227 e. The monoisotopic (exact) mass is 310 g/mol. The molecule has 1 unspecified atom stereocenters. The van der Waals surface area contributed by atoms with Gasteiger partial charge in [-0.05, 0) is 18.2 Å². The molecule has 0 spiro atoms. The Labute approximate surface area is 127 Å². The van der Waals surface area contributed by atoms with E-state index in [-0.39, 0.29) is 24.8 Å². The summed E-state index contributed by atoms with van der Waals surface area (Å²) in [6, 6.07) is 4.88. The van der Waals surface area contributed by atoms with Gasteiger partial charge < -0.3 is 10.2 Å². The second kappa shape index (κ2) is 6.17. The van der Waals surface area contributed by atoms with Gasteiger partial charge >= 0.3 is 0 Å². The van der Waals surface area contributed by atoms with E-state index in [2.05, 4.69) is 11.2 Å². The molecule has 1 atom stereocenters. The van der Waals surface area contributed by atoms with E-state index >= 15 is 0 Å². The number of carbonyl (C=O) groups is 2. The molecule has 2 amide bonds. The lowest BCUT2D eigenvalue weighted by molar-refractivity contribution is -0.126. The highest BCUT2D eigenvalue weighted by Crippen LogP contribution is 2.30. The highest BCUT2D eigenvalue weighted by atomic mass is 35.5. The van der Waals surface area contributed by atoms with E-state index < -0.39 is 5.92 Å². The average Bonchev–Trinajstić information content (AvgIpc) is 2.77. The second-order valence-corrected chi connectivity index (χ2v) is 5.33. The predicted molar refractivity (Wildman–Crippen MR) is 78.8 cm³/mol. The molecule has 1 aromatic rings. The summed E-state index contributed by atoms with van der Waals surface area (Å²) in [5, 5.41) is 3.47. The minimum absolute atomic E-state index is 0.135. The van der Waals surface area contributed by atoms with Crippen molar-refractivity contribution in [1.29, 1.82) is 0 Å². The minimum atomic E-state index is -0.409. The largest absolute Gasteiger partial charge is 0.345 e. The fraction of sp³-hybridized carbons (Fsp3) is 0.286. The molecule has 0 saturated carbocycles. The van der Waals surface area contributed by atoms with Crippen LogP contribution in [-0.4, -0.2) is 24.9 Å². The van der Waals surface area contributed by atoms with E-state index in [4.69, 9.17) is 29.6 Å². The topological polar surface area (TPSA) is 49.4 Å². The van der Waals surface area contributed by atoms with Gasteiger partial charge in [0, 0.05) is 28.7 Å². The molecule has 0 bridgehead atoms. The number of rotatable bonds is 3. The number of nitrogens with one attached hydrogen (secondary N) is 1. The third-order valence-corrected chi connectivity index (χ3v) is 3.46. The van der Waals surface area contributed by atoms with Crippen LogP contribution in [0.4, 0.5) is 5.69 Å². The number of nitrogens with zero attached hydrogens (tertiary/aromatic N) is 1. The number of benzene rings is 1. The van der Waals surface area contributed by atoms with Gasteiger partial charge in [0.2, 0.25) is 11.8 Å². The zero-order valence-electron chi connectivity index (χ0n) is 10.5. The lowest BCUT2D eigenvalue weighted by Crippen LogP contribution is -2.33. The molecule has 1 aliphatic heterocycles. The molecule has 2 rings (SSSR count). The Kier molecular flexibility index (Phi) is 4.53. The average molecular weight is 311 g/mol. The molecule has 104 valence electrons. The normalized spacial score (nSPS) is 17.9. The lowest BCUT2D eigenvalue weighted by Gasteiger charge is -2.17. The van der Waals surface area contributed by atoms with Crippen LogP contribution < -0.4 is 10.2 Å². The summed E-state index contributed by atoms with van der Waals surface area (Å²) in [7, 11) is 0. The molecule has 0 radical (unpaired) electrons. The van der Waals surface area contributed by atoms with Gasteiger partial charge in [-0.25, -0.2) is 0 Å². The molecular formula is C14H12Cl2N2O2. The van der Waals surface area contributed by atoms with Crippen LogP contribution in [0.1, 0.15) is 6.42 Å². The fourth-order valence-electron chi connectivity index (χ4n) is 2.11. The van der Waals surface area contributed by atoms with Crippen LogP contribution in [0.25, 0.3) is 0 Å². The standard InChI is InChI=1S/C14H12Cl2N2O2/c1-2-3-17-14(20)9-4-13(19)18(8-9)12-6-10(15)5-11(16)7-12/h1,5-7,9H,3-4,8H2,(H,17,20). The Morgan fingerprint density at radius 2 is 2.05 bits per heavy atom. The van der Waals surface area contributed by atoms with Gasteiger partial charge in [0.1, 0.15) is 0 Å². The molecule has 0 aromatic heterocycles. The number of halogens is 2. The van der Waals surface area contributed by atoms with Crippen molar-refractivity contribution >= 4 is 40.7 Å². The molecule has 1 saturated heterocycles. The third-order valence-electron chi connectivity index (χ3n) is 3.02. The number of hydrogen-bond acceptors (Lipinski definition) is 2.